The Morgan fingerprint density at radius 3 is 1.05 bits per heavy atom. The maximum atomic E-state index is 4.96. The van der Waals surface area contributed by atoms with Crippen molar-refractivity contribution in [3.63, 3.8) is 0 Å². The van der Waals surface area contributed by atoms with Gasteiger partial charge in [0.2, 0.25) is 0 Å². The molecule has 0 atom stereocenters. The van der Waals surface area contributed by atoms with Crippen molar-refractivity contribution in [2.24, 2.45) is 0 Å². The molecule has 0 saturated carbocycles. The first-order valence-corrected chi connectivity index (χ1v) is 18.6. The topological polar surface area (TPSA) is 74.8 Å². The van der Waals surface area contributed by atoms with Crippen molar-refractivity contribution in [3.8, 4) is 33.8 Å². The molecule has 0 spiro atoms. The van der Waals surface area contributed by atoms with Crippen molar-refractivity contribution in [1.82, 2.24) is 15.0 Å². The molecule has 0 bridgehead atoms. The van der Waals surface area contributed by atoms with E-state index in [2.05, 4.69) is 71.1 Å². The summed E-state index contributed by atoms with van der Waals surface area (Å²) in [5.74, 6) is 0. The van der Waals surface area contributed by atoms with Crippen LogP contribution in [0.1, 0.15) is 97.8 Å². The van der Waals surface area contributed by atoms with Crippen LogP contribution in [0.2, 0.25) is 0 Å². The molecule has 228 valence electrons. The number of unbranched alkanes of at least 4 members (excludes halogenated alkanes) is 9. The molecule has 42 heavy (non-hydrogen) atoms. The van der Waals surface area contributed by atoms with Gasteiger partial charge in [0.05, 0.1) is 17.1 Å². The third-order valence-corrected chi connectivity index (χ3v) is 9.65. The minimum absolute atomic E-state index is 0.971. The lowest BCUT2D eigenvalue weighted by Crippen LogP contribution is -2.01. The van der Waals surface area contributed by atoms with E-state index in [9.17, 15) is 0 Å². The van der Waals surface area contributed by atoms with E-state index in [1.807, 2.05) is 0 Å². The number of hydrogen-bond acceptors (Lipinski definition) is 9. The zero-order chi connectivity index (χ0) is 29.4. The smallest absolute Gasteiger partial charge is 0.183 e. The fourth-order valence-corrected chi connectivity index (χ4v) is 7.02. The van der Waals surface area contributed by atoms with Crippen molar-refractivity contribution in [2.75, 3.05) is 35.6 Å². The number of nitrogens with one attached hydrogen (secondary N) is 3. The standard InChI is InChI=1S/C33H48N6S3/c1-4-7-10-13-16-34-31-37-28(22-40-31)25-19-26(29-23-41-32(38-29)35-17-14-11-8-5-2)21-27(20-25)30-24-42-33(39-30)36-18-15-12-9-6-3/h19-24H,4-18H2,1-3H3,(H,34,37)(H,35,38)(H,36,39). The molecule has 3 aromatic heterocycles. The summed E-state index contributed by atoms with van der Waals surface area (Å²) in [6.07, 6.45) is 15.0. The Kier molecular flexibility index (Phi) is 14.1. The van der Waals surface area contributed by atoms with E-state index in [-0.39, 0.29) is 0 Å². The van der Waals surface area contributed by atoms with Crippen molar-refractivity contribution in [3.05, 3.63) is 34.3 Å². The average Bonchev–Trinajstić information content (AvgIpc) is 3.78. The highest BCUT2D eigenvalue weighted by molar-refractivity contribution is 7.14. The van der Waals surface area contributed by atoms with Gasteiger partial charge in [-0.15, -0.1) is 34.0 Å². The van der Waals surface area contributed by atoms with E-state index >= 15 is 0 Å². The lowest BCUT2D eigenvalue weighted by molar-refractivity contribution is 0.685. The van der Waals surface area contributed by atoms with E-state index in [4.69, 9.17) is 15.0 Å². The summed E-state index contributed by atoms with van der Waals surface area (Å²) >= 11 is 5.04. The number of hydrogen-bond donors (Lipinski definition) is 3. The van der Waals surface area contributed by atoms with Gasteiger partial charge in [-0.3, -0.25) is 0 Å². The van der Waals surface area contributed by atoms with Crippen LogP contribution in [0, 0.1) is 0 Å². The molecular weight excluding hydrogens is 577 g/mol. The molecule has 0 radical (unpaired) electrons. The second-order valence-electron chi connectivity index (χ2n) is 10.9. The van der Waals surface area contributed by atoms with Gasteiger partial charge in [0, 0.05) is 52.5 Å². The Balaban J connectivity index is 1.52. The normalized spacial score (nSPS) is 11.2. The Bertz CT molecular complexity index is 1140. The second kappa shape index (κ2) is 18.2. The van der Waals surface area contributed by atoms with Crippen molar-refractivity contribution in [1.29, 1.82) is 0 Å². The van der Waals surface area contributed by atoms with Crippen LogP contribution in [-0.2, 0) is 0 Å². The van der Waals surface area contributed by atoms with Crippen molar-refractivity contribution in [2.45, 2.75) is 97.8 Å². The molecule has 3 heterocycles. The Hall–Kier alpha value is -2.49. The predicted octanol–water partition coefficient (Wildman–Crippen LogP) is 11.0. The molecule has 0 saturated heterocycles. The Labute approximate surface area is 264 Å². The number of benzene rings is 1. The molecule has 0 aliphatic rings. The van der Waals surface area contributed by atoms with Gasteiger partial charge in [-0.25, -0.2) is 15.0 Å². The maximum Gasteiger partial charge on any atom is 0.183 e. The molecule has 0 unspecified atom stereocenters. The molecule has 3 N–H and O–H groups in total. The summed E-state index contributed by atoms with van der Waals surface area (Å²) < 4.78 is 0. The van der Waals surface area contributed by atoms with Gasteiger partial charge in [0.15, 0.2) is 15.4 Å². The summed E-state index contributed by atoms with van der Waals surface area (Å²) in [4.78, 5) is 14.9. The molecule has 0 aliphatic carbocycles. The molecule has 9 heteroatoms. The van der Waals surface area contributed by atoms with E-state index in [0.29, 0.717) is 0 Å². The number of rotatable bonds is 21. The summed E-state index contributed by atoms with van der Waals surface area (Å²) in [5, 5.41) is 20.0. The Morgan fingerprint density at radius 1 is 0.452 bits per heavy atom. The zero-order valence-corrected chi connectivity index (χ0v) is 28.1. The van der Waals surface area contributed by atoms with Crippen LogP contribution in [0.15, 0.2) is 34.3 Å². The van der Waals surface area contributed by atoms with Gasteiger partial charge in [-0.05, 0) is 37.5 Å². The fraction of sp³-hybridized carbons (Fsp3) is 0.545. The third-order valence-electron chi connectivity index (χ3n) is 7.25. The highest BCUT2D eigenvalue weighted by Gasteiger charge is 2.14. The lowest BCUT2D eigenvalue weighted by Gasteiger charge is -2.07. The fourth-order valence-electron chi connectivity index (χ4n) is 4.78. The summed E-state index contributed by atoms with van der Waals surface area (Å²) in [5.41, 5.74) is 6.28. The lowest BCUT2D eigenvalue weighted by atomic mass is 10.0. The van der Waals surface area contributed by atoms with Crippen LogP contribution in [0.4, 0.5) is 15.4 Å². The highest BCUT2D eigenvalue weighted by Crippen LogP contribution is 2.36. The molecule has 4 rings (SSSR count). The van der Waals surface area contributed by atoms with Gasteiger partial charge in [0.25, 0.3) is 0 Å². The van der Waals surface area contributed by atoms with Crippen molar-refractivity contribution < 1.29 is 0 Å². The monoisotopic (exact) mass is 624 g/mol. The quantitative estimate of drug-likeness (QED) is 0.0801. The largest absolute Gasteiger partial charge is 0.362 e. The van der Waals surface area contributed by atoms with Gasteiger partial charge >= 0.3 is 0 Å². The summed E-state index contributed by atoms with van der Waals surface area (Å²) in [7, 11) is 0. The van der Waals surface area contributed by atoms with E-state index in [1.54, 1.807) is 34.0 Å². The number of aromatic nitrogens is 3. The van der Waals surface area contributed by atoms with Crippen LogP contribution in [0.25, 0.3) is 33.8 Å². The molecule has 0 aliphatic heterocycles. The zero-order valence-electron chi connectivity index (χ0n) is 25.6. The number of nitrogens with zero attached hydrogens (tertiary/aromatic N) is 3. The van der Waals surface area contributed by atoms with E-state index in [1.165, 1.54) is 77.0 Å². The molecule has 6 nitrogen and oxygen atoms in total. The molecule has 0 amide bonds. The van der Waals surface area contributed by atoms with Crippen LogP contribution in [0.3, 0.4) is 0 Å². The van der Waals surface area contributed by atoms with E-state index < -0.39 is 0 Å². The predicted molar refractivity (Wildman–Crippen MR) is 188 cm³/mol. The van der Waals surface area contributed by atoms with Crippen LogP contribution < -0.4 is 16.0 Å². The number of thiazole rings is 3. The van der Waals surface area contributed by atoms with Crippen LogP contribution >= 0.6 is 34.0 Å². The highest BCUT2D eigenvalue weighted by atomic mass is 32.1. The maximum absolute atomic E-state index is 4.96. The van der Waals surface area contributed by atoms with Gasteiger partial charge in [-0.1, -0.05) is 78.6 Å². The third kappa shape index (κ3) is 10.3. The van der Waals surface area contributed by atoms with Gasteiger partial charge in [0.1, 0.15) is 0 Å². The molecular formula is C33H48N6S3. The summed E-state index contributed by atoms with van der Waals surface area (Å²) in [6.45, 7) is 9.66. The first kappa shape index (κ1) is 32.4. The second-order valence-corrected chi connectivity index (χ2v) is 13.4. The molecule has 4 aromatic rings. The average molecular weight is 625 g/mol. The van der Waals surface area contributed by atoms with Gasteiger partial charge < -0.3 is 16.0 Å². The molecule has 0 fully saturated rings. The van der Waals surface area contributed by atoms with E-state index in [0.717, 1.165) is 68.8 Å². The summed E-state index contributed by atoms with van der Waals surface area (Å²) in [6, 6.07) is 6.68. The first-order valence-electron chi connectivity index (χ1n) is 15.9. The van der Waals surface area contributed by atoms with Crippen LogP contribution in [-0.4, -0.2) is 34.6 Å². The minimum atomic E-state index is 0.971. The number of anilines is 3. The minimum Gasteiger partial charge on any atom is -0.362 e. The van der Waals surface area contributed by atoms with Crippen molar-refractivity contribution >= 4 is 49.4 Å². The van der Waals surface area contributed by atoms with Gasteiger partial charge in [-0.2, -0.15) is 0 Å². The molecule has 1 aromatic carbocycles. The first-order chi connectivity index (χ1) is 20.7. The van der Waals surface area contributed by atoms with Crippen LogP contribution in [0.5, 0.6) is 0 Å². The SMILES string of the molecule is CCCCCCNc1nc(-c2cc(-c3csc(NCCCCCC)n3)cc(-c3csc(NCCCCCC)n3)c2)cs1. The Morgan fingerprint density at radius 2 is 0.762 bits per heavy atom.